The largest absolute Gasteiger partial charge is 0.462 e. The van der Waals surface area contributed by atoms with Gasteiger partial charge in [0.05, 0.1) is 18.1 Å². The van der Waals surface area contributed by atoms with E-state index in [-0.39, 0.29) is 34.6 Å². The molecule has 172 valence electrons. The Balaban J connectivity index is 1.11. The zero-order valence-electron chi connectivity index (χ0n) is 19.0. The second-order valence-electron chi connectivity index (χ2n) is 12.0. The number of carbonyl (C=O) groups excluding carboxylic acids is 1. The van der Waals surface area contributed by atoms with Crippen LogP contribution >= 0.6 is 0 Å². The highest BCUT2D eigenvalue weighted by molar-refractivity contribution is 5.75. The Morgan fingerprint density at radius 2 is 2.00 bits per heavy atom. The van der Waals surface area contributed by atoms with Crippen molar-refractivity contribution in [3.05, 3.63) is 34.2 Å². The van der Waals surface area contributed by atoms with Crippen LogP contribution in [-0.4, -0.2) is 53.4 Å². The normalized spacial score (nSPS) is 46.8. The molecule has 6 nitrogen and oxygen atoms in total. The van der Waals surface area contributed by atoms with Gasteiger partial charge in [0.2, 0.25) is 0 Å². The highest BCUT2D eigenvalue weighted by atomic mass is 16.6. The van der Waals surface area contributed by atoms with E-state index in [9.17, 15) is 9.59 Å². The summed E-state index contributed by atoms with van der Waals surface area (Å²) < 4.78 is 14.1. The van der Waals surface area contributed by atoms with Crippen molar-refractivity contribution in [2.75, 3.05) is 26.2 Å². The molecular formula is C26H34N2O4. The molecular weight excluding hydrogens is 404 g/mol. The standard InChI is InChI=1S/C26H34N2O4/c1-25-6-3-7-26(15-31-26)22(25)9-18-19(24(30)32-21(18)10-25)14-27-11-16-8-17(13-27)20-4-2-5-23(29)28(20)12-16/h2,4-5,16-19,21-22H,3,6-15H2,1H3/t16-,17-,18+,19+,21+,22+,25+,26+/m0/s1. The summed E-state index contributed by atoms with van der Waals surface area (Å²) in [4.78, 5) is 27.9. The van der Waals surface area contributed by atoms with Crippen molar-refractivity contribution in [3.63, 3.8) is 0 Å². The fraction of sp³-hybridized carbons (Fsp3) is 0.769. The number of ether oxygens (including phenoxy) is 2. The van der Waals surface area contributed by atoms with Gasteiger partial charge in [0.1, 0.15) is 6.10 Å². The van der Waals surface area contributed by atoms with Crippen molar-refractivity contribution in [2.45, 2.75) is 69.6 Å². The first-order chi connectivity index (χ1) is 15.4. The van der Waals surface area contributed by atoms with Gasteiger partial charge in [-0.15, -0.1) is 0 Å². The Kier molecular flexibility index (Phi) is 4.14. The van der Waals surface area contributed by atoms with Crippen molar-refractivity contribution in [1.29, 1.82) is 0 Å². The van der Waals surface area contributed by atoms with Crippen molar-refractivity contribution >= 4 is 5.97 Å². The first-order valence-corrected chi connectivity index (χ1v) is 12.7. The minimum absolute atomic E-state index is 0.0148. The summed E-state index contributed by atoms with van der Waals surface area (Å²) in [5.74, 6) is 1.80. The van der Waals surface area contributed by atoms with E-state index >= 15 is 0 Å². The topological polar surface area (TPSA) is 64.1 Å². The zero-order chi connectivity index (χ0) is 21.7. The predicted molar refractivity (Wildman–Crippen MR) is 118 cm³/mol. The van der Waals surface area contributed by atoms with Gasteiger partial charge in [-0.3, -0.25) is 9.59 Å². The molecule has 32 heavy (non-hydrogen) atoms. The van der Waals surface area contributed by atoms with Crippen LogP contribution in [0.15, 0.2) is 23.0 Å². The molecule has 6 aliphatic rings. The number of esters is 1. The van der Waals surface area contributed by atoms with E-state index in [1.54, 1.807) is 6.07 Å². The van der Waals surface area contributed by atoms with Crippen LogP contribution in [0.25, 0.3) is 0 Å². The van der Waals surface area contributed by atoms with E-state index in [4.69, 9.17) is 9.47 Å². The summed E-state index contributed by atoms with van der Waals surface area (Å²) in [7, 11) is 0. The first kappa shape index (κ1) is 19.8. The molecule has 1 aromatic rings. The van der Waals surface area contributed by atoms with Gasteiger partial charge < -0.3 is 18.9 Å². The average Bonchev–Trinajstić information content (AvgIpc) is 3.46. The van der Waals surface area contributed by atoms with E-state index < -0.39 is 0 Å². The number of nitrogens with zero attached hydrogens (tertiary/aromatic N) is 2. The number of hydrogen-bond donors (Lipinski definition) is 0. The lowest BCUT2D eigenvalue weighted by atomic mass is 9.53. The van der Waals surface area contributed by atoms with Crippen molar-refractivity contribution in [2.24, 2.45) is 29.1 Å². The summed E-state index contributed by atoms with van der Waals surface area (Å²) in [6, 6.07) is 5.69. The van der Waals surface area contributed by atoms with Crippen molar-refractivity contribution in [1.82, 2.24) is 9.47 Å². The van der Waals surface area contributed by atoms with Crippen LogP contribution < -0.4 is 5.56 Å². The van der Waals surface area contributed by atoms with Gasteiger partial charge in [-0.1, -0.05) is 13.0 Å². The molecule has 0 N–H and O–H groups in total. The summed E-state index contributed by atoms with van der Waals surface area (Å²) >= 11 is 0. The summed E-state index contributed by atoms with van der Waals surface area (Å²) in [5, 5.41) is 0. The average molecular weight is 439 g/mol. The Morgan fingerprint density at radius 3 is 2.84 bits per heavy atom. The molecule has 2 bridgehead atoms. The molecule has 2 saturated carbocycles. The monoisotopic (exact) mass is 438 g/mol. The predicted octanol–water partition coefficient (Wildman–Crippen LogP) is 2.79. The molecule has 5 heterocycles. The first-order valence-electron chi connectivity index (χ1n) is 12.7. The Hall–Kier alpha value is -1.66. The van der Waals surface area contributed by atoms with Gasteiger partial charge in [-0.25, -0.2) is 0 Å². The van der Waals surface area contributed by atoms with Crippen LogP contribution in [0.1, 0.15) is 57.1 Å². The quantitative estimate of drug-likeness (QED) is 0.525. The third kappa shape index (κ3) is 2.84. The number of piperidine rings is 1. The minimum Gasteiger partial charge on any atom is -0.462 e. The summed E-state index contributed by atoms with van der Waals surface area (Å²) in [5.41, 5.74) is 1.66. The molecule has 4 aliphatic heterocycles. The molecule has 5 fully saturated rings. The van der Waals surface area contributed by atoms with Crippen molar-refractivity contribution < 1.29 is 14.3 Å². The zero-order valence-corrected chi connectivity index (χ0v) is 19.0. The molecule has 0 aromatic carbocycles. The summed E-state index contributed by atoms with van der Waals surface area (Å²) in [6.07, 6.45) is 7.00. The van der Waals surface area contributed by atoms with E-state index in [1.165, 1.54) is 25.0 Å². The maximum Gasteiger partial charge on any atom is 0.310 e. The van der Waals surface area contributed by atoms with Crippen molar-refractivity contribution in [3.8, 4) is 0 Å². The highest BCUT2D eigenvalue weighted by Crippen LogP contribution is 2.62. The Bertz CT molecular complexity index is 1020. The van der Waals surface area contributed by atoms with E-state index in [0.717, 1.165) is 52.0 Å². The smallest absolute Gasteiger partial charge is 0.310 e. The van der Waals surface area contributed by atoms with Crippen LogP contribution in [0.3, 0.4) is 0 Å². The van der Waals surface area contributed by atoms with E-state index in [1.807, 2.05) is 10.6 Å². The molecule has 8 atom stereocenters. The third-order valence-electron chi connectivity index (χ3n) is 10.1. The number of pyridine rings is 1. The van der Waals surface area contributed by atoms with E-state index in [2.05, 4.69) is 17.9 Å². The Morgan fingerprint density at radius 1 is 1.12 bits per heavy atom. The molecule has 0 unspecified atom stereocenters. The van der Waals surface area contributed by atoms with Gasteiger partial charge in [-0.2, -0.15) is 0 Å². The van der Waals surface area contributed by atoms with Gasteiger partial charge in [0.15, 0.2) is 0 Å². The lowest BCUT2D eigenvalue weighted by molar-refractivity contribution is -0.147. The molecule has 6 heteroatoms. The third-order valence-corrected chi connectivity index (χ3v) is 10.1. The van der Waals surface area contributed by atoms with Crippen LogP contribution in [0, 0.1) is 29.1 Å². The molecule has 0 amide bonds. The number of fused-ring (bicyclic) bond motifs is 7. The molecule has 0 radical (unpaired) electrons. The lowest BCUT2D eigenvalue weighted by Crippen LogP contribution is -2.52. The molecule has 2 aliphatic carbocycles. The number of carbonyl (C=O) groups is 1. The van der Waals surface area contributed by atoms with Crippen LogP contribution in [0.2, 0.25) is 0 Å². The molecule has 1 spiro atoms. The van der Waals surface area contributed by atoms with Crippen LogP contribution in [0.5, 0.6) is 0 Å². The number of likely N-dealkylation sites (tertiary alicyclic amines) is 1. The maximum atomic E-state index is 13.1. The number of aromatic nitrogens is 1. The van der Waals surface area contributed by atoms with Crippen LogP contribution in [-0.2, 0) is 20.8 Å². The highest BCUT2D eigenvalue weighted by Gasteiger charge is 2.65. The van der Waals surface area contributed by atoms with Gasteiger partial charge >= 0.3 is 5.97 Å². The SMILES string of the molecule is C[C@]12CCC[C@@]3(CO3)[C@@H]1C[C@H]1[C@@H](C2)OC(=O)[C@@H]1CN1C[C@@H]2C[C@@H](C1)c1cccc(=O)n1C2. The fourth-order valence-corrected chi connectivity index (χ4v) is 8.59. The molecule has 3 saturated heterocycles. The van der Waals surface area contributed by atoms with Gasteiger partial charge in [0.25, 0.3) is 5.56 Å². The van der Waals surface area contributed by atoms with Gasteiger partial charge in [-0.05, 0) is 61.8 Å². The fourth-order valence-electron chi connectivity index (χ4n) is 8.59. The van der Waals surface area contributed by atoms with E-state index in [0.29, 0.717) is 23.7 Å². The maximum absolute atomic E-state index is 13.1. The second-order valence-corrected chi connectivity index (χ2v) is 12.0. The molecule has 1 aromatic heterocycles. The number of epoxide rings is 1. The lowest BCUT2D eigenvalue weighted by Gasteiger charge is -2.52. The number of rotatable bonds is 2. The Labute approximate surface area is 189 Å². The van der Waals surface area contributed by atoms with Crippen LogP contribution in [0.4, 0.5) is 0 Å². The molecule has 7 rings (SSSR count). The summed E-state index contributed by atoms with van der Waals surface area (Å²) in [6.45, 7) is 6.87. The second kappa shape index (κ2) is 6.69. The van der Waals surface area contributed by atoms with Gasteiger partial charge in [0, 0.05) is 49.8 Å². The number of hydrogen-bond acceptors (Lipinski definition) is 5. The minimum atomic E-state index is -0.0148.